The molecule has 0 saturated heterocycles. The molecule has 6 heteroatoms. The first-order chi connectivity index (χ1) is 18.4. The molecular weight excluding hydrogens is 587 g/mol. The smallest absolute Gasteiger partial charge is 0.0752 e. The molecule has 2 atom stereocenters. The number of hydrogen-bond acceptors (Lipinski definition) is 4. The molecule has 0 aromatic heterocycles. The maximum absolute atomic E-state index is 11.8. The Morgan fingerprint density at radius 2 is 0.976 bits per heavy atom. The van der Waals surface area contributed by atoms with Gasteiger partial charge in [-0.15, -0.1) is 0 Å². The quantitative estimate of drug-likeness (QED) is 0.333. The van der Waals surface area contributed by atoms with Gasteiger partial charge in [0.1, 0.15) is 0 Å². The van der Waals surface area contributed by atoms with Crippen molar-refractivity contribution in [2.45, 2.75) is 109 Å². The fraction of sp³-hybridized carbons (Fsp3) is 0.657. The number of allylic oxidation sites excluding steroid dienone is 10. The molecule has 2 unspecified atom stereocenters. The Kier molecular flexibility index (Phi) is 10.2. The van der Waals surface area contributed by atoms with Crippen LogP contribution in [0.3, 0.4) is 0 Å². The zero-order valence-corrected chi connectivity index (χ0v) is 31.0. The summed E-state index contributed by atoms with van der Waals surface area (Å²) in [6.45, 7) is 30.9. The minimum atomic E-state index is -0.604. The molecule has 1 N–H and O–H groups in total. The highest BCUT2D eigenvalue weighted by Gasteiger charge is 2.53. The van der Waals surface area contributed by atoms with E-state index in [1.165, 1.54) is 19.6 Å². The zero-order chi connectivity index (χ0) is 31.6. The van der Waals surface area contributed by atoms with E-state index in [0.29, 0.717) is 0 Å². The number of aliphatic hydroxyl groups is 1. The first-order valence-corrected chi connectivity index (χ1v) is 17.1. The number of thioether (sulfide) groups is 2. The minimum absolute atomic E-state index is 0.0172. The van der Waals surface area contributed by atoms with Crippen LogP contribution in [-0.2, 0) is 4.74 Å². The second-order valence-corrected chi connectivity index (χ2v) is 18.8. The summed E-state index contributed by atoms with van der Waals surface area (Å²) < 4.78 is 6.15. The van der Waals surface area contributed by atoms with Crippen LogP contribution in [-0.4, -0.2) is 24.4 Å². The van der Waals surface area contributed by atoms with Crippen LogP contribution in [0.5, 0.6) is 0 Å². The molecule has 1 saturated carbocycles. The second-order valence-electron chi connectivity index (χ2n) is 15.9. The molecule has 0 radical (unpaired) electrons. The number of methoxy groups -OCH3 is 1. The largest absolute Gasteiger partial charge is 0.392 e. The topological polar surface area (TPSA) is 29.5 Å². The summed E-state index contributed by atoms with van der Waals surface area (Å²) in [5.41, 5.74) is 3.98. The predicted octanol–water partition coefficient (Wildman–Crippen LogP) is 11.6. The minimum Gasteiger partial charge on any atom is -0.392 e. The van der Waals surface area contributed by atoms with Crippen LogP contribution in [0.4, 0.5) is 0 Å². The maximum Gasteiger partial charge on any atom is 0.0752 e. The highest BCUT2D eigenvalue weighted by Crippen LogP contribution is 2.57. The van der Waals surface area contributed by atoms with E-state index in [0.717, 1.165) is 32.4 Å². The Morgan fingerprint density at radius 1 is 0.659 bits per heavy atom. The van der Waals surface area contributed by atoms with E-state index in [-0.39, 0.29) is 39.6 Å². The Morgan fingerprint density at radius 3 is 1.22 bits per heavy atom. The molecular formula is C35H52Cl2O2S2. The third kappa shape index (κ3) is 6.99. The molecule has 3 aliphatic rings. The molecule has 0 aromatic rings. The van der Waals surface area contributed by atoms with Gasteiger partial charge in [0.15, 0.2) is 0 Å². The monoisotopic (exact) mass is 638 g/mol. The molecule has 2 aliphatic heterocycles. The highest BCUT2D eigenvalue weighted by molar-refractivity contribution is 8.07. The maximum atomic E-state index is 11.8. The van der Waals surface area contributed by atoms with Crippen molar-refractivity contribution >= 4 is 46.7 Å². The number of aliphatic hydroxyl groups excluding tert-OH is 1. The average molecular weight is 640 g/mol. The SMILES string of the molecule is COC1C(C(C)=C2C=C(C(C)(C)C)SC(C(C)(C)C)=C2Cl)C(O)C1C(C)=C1C=C(C(C)(C)C)SC(C(C)(C)C)=C1Cl. The van der Waals surface area contributed by atoms with Gasteiger partial charge in [-0.1, -0.05) is 141 Å². The van der Waals surface area contributed by atoms with E-state index in [1.54, 1.807) is 30.6 Å². The molecule has 2 nitrogen and oxygen atoms in total. The van der Waals surface area contributed by atoms with Crippen molar-refractivity contribution in [2.75, 3.05) is 7.11 Å². The Bertz CT molecular complexity index is 1170. The predicted molar refractivity (Wildman–Crippen MR) is 184 cm³/mol. The number of rotatable bonds is 3. The van der Waals surface area contributed by atoms with Crippen molar-refractivity contribution in [3.8, 4) is 0 Å². The van der Waals surface area contributed by atoms with E-state index in [4.69, 9.17) is 27.9 Å². The standard InChI is InChI=1S/C35H52Cl2O2S2/c1-18(20-16-22(32(3,4)5)40-30(26(20)36)34(9,10)11)24-28(38)25(29(24)39-15)19(2)21-17-23(33(6,7)8)41-31(27(21)37)35(12,13)14/h16-17,24-25,28-29,38H,1-15H3. The third-order valence-electron chi connectivity index (χ3n) is 8.25. The number of ether oxygens (including phenoxy) is 1. The van der Waals surface area contributed by atoms with Crippen LogP contribution >= 0.6 is 46.7 Å². The van der Waals surface area contributed by atoms with Gasteiger partial charge in [-0.25, -0.2) is 0 Å². The van der Waals surface area contributed by atoms with Crippen molar-refractivity contribution < 1.29 is 9.84 Å². The van der Waals surface area contributed by atoms with Crippen LogP contribution in [0.15, 0.2) is 64.1 Å². The van der Waals surface area contributed by atoms with Crippen molar-refractivity contribution in [1.82, 2.24) is 0 Å². The fourth-order valence-electron chi connectivity index (χ4n) is 5.63. The lowest BCUT2D eigenvalue weighted by atomic mass is 9.61. The van der Waals surface area contributed by atoms with Gasteiger partial charge in [-0.2, -0.15) is 0 Å². The lowest BCUT2D eigenvalue weighted by molar-refractivity contribution is -0.137. The summed E-state index contributed by atoms with van der Waals surface area (Å²) in [5, 5.41) is 13.4. The molecule has 41 heavy (non-hydrogen) atoms. The second kappa shape index (κ2) is 11.9. The van der Waals surface area contributed by atoms with E-state index in [1.807, 2.05) is 0 Å². The molecule has 0 spiro atoms. The number of hydrogen-bond donors (Lipinski definition) is 1. The molecule has 0 bridgehead atoms. The summed E-state index contributed by atoms with van der Waals surface area (Å²) in [7, 11) is 1.75. The van der Waals surface area contributed by atoms with Gasteiger partial charge in [-0.05, 0) is 68.6 Å². The summed E-state index contributed by atoms with van der Waals surface area (Å²) >= 11 is 17.9. The lowest BCUT2D eigenvalue weighted by Crippen LogP contribution is -2.57. The Balaban J connectivity index is 2.17. The molecule has 3 rings (SSSR count). The van der Waals surface area contributed by atoms with Crippen LogP contribution in [0, 0.1) is 33.5 Å². The van der Waals surface area contributed by atoms with E-state index in [2.05, 4.69) is 109 Å². The van der Waals surface area contributed by atoms with E-state index < -0.39 is 6.10 Å². The first-order valence-electron chi connectivity index (χ1n) is 14.7. The zero-order valence-electron chi connectivity index (χ0n) is 27.9. The van der Waals surface area contributed by atoms with E-state index >= 15 is 0 Å². The van der Waals surface area contributed by atoms with Gasteiger partial charge in [0.05, 0.1) is 22.3 Å². The van der Waals surface area contributed by atoms with Crippen LogP contribution in [0.25, 0.3) is 0 Å². The molecule has 2 heterocycles. The summed E-state index contributed by atoms with van der Waals surface area (Å²) in [6.07, 6.45) is 3.69. The van der Waals surface area contributed by atoms with Crippen molar-refractivity contribution in [2.24, 2.45) is 33.5 Å². The van der Waals surface area contributed by atoms with Gasteiger partial charge in [0.2, 0.25) is 0 Å². The summed E-state index contributed by atoms with van der Waals surface area (Å²) in [5.74, 6) is -0.333. The Labute approximate surface area is 269 Å². The van der Waals surface area contributed by atoms with Gasteiger partial charge in [-0.3, -0.25) is 0 Å². The van der Waals surface area contributed by atoms with Gasteiger partial charge in [0, 0.05) is 28.8 Å². The van der Waals surface area contributed by atoms with Crippen molar-refractivity contribution in [3.63, 3.8) is 0 Å². The molecule has 1 fully saturated rings. The third-order valence-corrected chi connectivity index (χ3v) is 13.2. The molecule has 0 amide bonds. The van der Waals surface area contributed by atoms with Gasteiger partial charge >= 0.3 is 0 Å². The average Bonchev–Trinajstić information content (AvgIpc) is 2.79. The molecule has 1 aliphatic carbocycles. The first kappa shape index (κ1) is 35.1. The normalized spacial score (nSPS) is 29.3. The van der Waals surface area contributed by atoms with Crippen LogP contribution in [0.2, 0.25) is 0 Å². The fourth-order valence-corrected chi connectivity index (χ4v) is 9.25. The summed E-state index contributed by atoms with van der Waals surface area (Å²) in [4.78, 5) is 4.91. The molecule has 0 aromatic carbocycles. The summed E-state index contributed by atoms with van der Waals surface area (Å²) in [6, 6.07) is 0. The van der Waals surface area contributed by atoms with Crippen LogP contribution < -0.4 is 0 Å². The highest BCUT2D eigenvalue weighted by atomic mass is 35.5. The molecule has 230 valence electrons. The van der Waals surface area contributed by atoms with Crippen molar-refractivity contribution in [1.29, 1.82) is 0 Å². The Hall–Kier alpha value is -0.360. The number of halogens is 2. The van der Waals surface area contributed by atoms with Gasteiger partial charge in [0.25, 0.3) is 0 Å². The van der Waals surface area contributed by atoms with Crippen LogP contribution in [0.1, 0.15) is 96.9 Å². The lowest BCUT2D eigenvalue weighted by Gasteiger charge is -2.51. The van der Waals surface area contributed by atoms with Gasteiger partial charge < -0.3 is 9.84 Å². The van der Waals surface area contributed by atoms with E-state index in [9.17, 15) is 5.11 Å². The van der Waals surface area contributed by atoms with Crippen molar-refractivity contribution in [3.05, 3.63) is 64.1 Å².